The lowest BCUT2D eigenvalue weighted by Gasteiger charge is -2.12. The number of rotatable bonds is 3. The number of ether oxygens (including phenoxy) is 2. The van der Waals surface area contributed by atoms with Crippen LogP contribution in [0.1, 0.15) is 22.8 Å². The summed E-state index contributed by atoms with van der Waals surface area (Å²) in [5.74, 6) is -1.60. The van der Waals surface area contributed by atoms with Gasteiger partial charge in [-0.25, -0.2) is 4.79 Å². The fourth-order valence-electron chi connectivity index (χ4n) is 1.22. The Bertz CT molecular complexity index is 537. The van der Waals surface area contributed by atoms with Crippen molar-refractivity contribution in [3.05, 3.63) is 28.3 Å². The van der Waals surface area contributed by atoms with Crippen LogP contribution in [0.4, 0.5) is 13.2 Å². The van der Waals surface area contributed by atoms with Gasteiger partial charge in [0.2, 0.25) is 0 Å². The lowest BCUT2D eigenvalue weighted by Crippen LogP contribution is -2.18. The van der Waals surface area contributed by atoms with Gasteiger partial charge in [0.05, 0.1) is 22.8 Å². The van der Waals surface area contributed by atoms with Gasteiger partial charge in [-0.05, 0) is 13.0 Å². The van der Waals surface area contributed by atoms with Crippen molar-refractivity contribution in [3.63, 3.8) is 0 Å². The van der Waals surface area contributed by atoms with Crippen molar-refractivity contribution in [2.75, 3.05) is 6.61 Å². The standard InChI is InChI=1S/C11H7ClF3NO3/c1-2-18-10(17)7-3-6(5-16)9(4-8(7)12)19-11(13,14)15/h3-4H,2H2,1H3. The van der Waals surface area contributed by atoms with E-state index in [1.807, 2.05) is 0 Å². The molecular formula is C11H7ClF3NO3. The number of alkyl halides is 3. The molecular weight excluding hydrogens is 287 g/mol. The van der Waals surface area contributed by atoms with Crippen LogP contribution in [0.25, 0.3) is 0 Å². The smallest absolute Gasteiger partial charge is 0.462 e. The SMILES string of the molecule is CCOC(=O)c1cc(C#N)c(OC(F)(F)F)cc1Cl. The fraction of sp³-hybridized carbons (Fsp3) is 0.273. The van der Waals surface area contributed by atoms with E-state index in [1.165, 1.54) is 6.07 Å². The molecule has 102 valence electrons. The molecule has 0 aromatic heterocycles. The van der Waals surface area contributed by atoms with Crippen LogP contribution in [0, 0.1) is 11.3 Å². The lowest BCUT2D eigenvalue weighted by molar-refractivity contribution is -0.274. The maximum Gasteiger partial charge on any atom is 0.573 e. The number of hydrogen-bond donors (Lipinski definition) is 0. The number of hydrogen-bond acceptors (Lipinski definition) is 4. The molecule has 0 saturated carbocycles. The second-order valence-electron chi connectivity index (χ2n) is 3.21. The first-order chi connectivity index (χ1) is 8.78. The Balaban J connectivity index is 3.22. The molecule has 8 heteroatoms. The Labute approximate surface area is 111 Å². The van der Waals surface area contributed by atoms with Crippen LogP contribution in [-0.2, 0) is 4.74 Å². The van der Waals surface area contributed by atoms with Gasteiger partial charge in [-0.3, -0.25) is 0 Å². The first-order valence-electron chi connectivity index (χ1n) is 4.95. The molecule has 0 amide bonds. The molecule has 0 heterocycles. The molecule has 0 radical (unpaired) electrons. The third-order valence-corrected chi connectivity index (χ3v) is 2.22. The molecule has 0 spiro atoms. The van der Waals surface area contributed by atoms with Crippen LogP contribution in [0.5, 0.6) is 5.75 Å². The van der Waals surface area contributed by atoms with E-state index in [0.29, 0.717) is 0 Å². The first kappa shape index (κ1) is 15.1. The largest absolute Gasteiger partial charge is 0.573 e. The van der Waals surface area contributed by atoms with E-state index in [9.17, 15) is 18.0 Å². The lowest BCUT2D eigenvalue weighted by atomic mass is 10.1. The summed E-state index contributed by atoms with van der Waals surface area (Å²) < 4.78 is 44.6. The number of benzene rings is 1. The topological polar surface area (TPSA) is 59.3 Å². The summed E-state index contributed by atoms with van der Waals surface area (Å²) in [6.45, 7) is 1.62. The van der Waals surface area contributed by atoms with Gasteiger partial charge in [-0.1, -0.05) is 11.6 Å². The van der Waals surface area contributed by atoms with Crippen LogP contribution in [0.3, 0.4) is 0 Å². The predicted molar refractivity (Wildman–Crippen MR) is 58.8 cm³/mol. The number of carbonyl (C=O) groups excluding carboxylic acids is 1. The van der Waals surface area contributed by atoms with Crippen LogP contribution in [0.15, 0.2) is 12.1 Å². The highest BCUT2D eigenvalue weighted by Gasteiger charge is 2.33. The van der Waals surface area contributed by atoms with E-state index in [-0.39, 0.29) is 17.2 Å². The van der Waals surface area contributed by atoms with Gasteiger partial charge in [0, 0.05) is 6.07 Å². The van der Waals surface area contributed by atoms with Gasteiger partial charge in [0.1, 0.15) is 11.8 Å². The highest BCUT2D eigenvalue weighted by Crippen LogP contribution is 2.31. The summed E-state index contributed by atoms with van der Waals surface area (Å²) in [4.78, 5) is 11.5. The minimum Gasteiger partial charge on any atom is -0.462 e. The van der Waals surface area contributed by atoms with Crippen molar-refractivity contribution >= 4 is 17.6 Å². The Hall–Kier alpha value is -1.94. The zero-order valence-electron chi connectivity index (χ0n) is 9.55. The second kappa shape index (κ2) is 5.80. The molecule has 0 aliphatic carbocycles. The Kier molecular flexibility index (Phi) is 4.62. The zero-order chi connectivity index (χ0) is 14.6. The van der Waals surface area contributed by atoms with E-state index in [2.05, 4.69) is 9.47 Å². The summed E-state index contributed by atoms with van der Waals surface area (Å²) in [5.41, 5.74) is -0.667. The van der Waals surface area contributed by atoms with Crippen molar-refractivity contribution in [1.29, 1.82) is 5.26 Å². The van der Waals surface area contributed by atoms with Gasteiger partial charge in [0.15, 0.2) is 0 Å². The molecule has 1 aromatic rings. The van der Waals surface area contributed by atoms with Gasteiger partial charge >= 0.3 is 12.3 Å². The van der Waals surface area contributed by atoms with E-state index < -0.39 is 23.6 Å². The maximum absolute atomic E-state index is 12.1. The number of nitrogens with zero attached hydrogens (tertiary/aromatic N) is 1. The van der Waals surface area contributed by atoms with E-state index >= 15 is 0 Å². The molecule has 19 heavy (non-hydrogen) atoms. The normalized spacial score (nSPS) is 10.7. The molecule has 0 saturated heterocycles. The zero-order valence-corrected chi connectivity index (χ0v) is 10.3. The fourth-order valence-corrected chi connectivity index (χ4v) is 1.45. The Morgan fingerprint density at radius 2 is 2.11 bits per heavy atom. The molecule has 0 atom stereocenters. The third-order valence-electron chi connectivity index (χ3n) is 1.91. The van der Waals surface area contributed by atoms with Crippen LogP contribution >= 0.6 is 11.6 Å². The molecule has 0 aliphatic rings. The van der Waals surface area contributed by atoms with Gasteiger partial charge in [0.25, 0.3) is 0 Å². The number of nitriles is 1. The quantitative estimate of drug-likeness (QED) is 0.802. The number of carbonyl (C=O) groups is 1. The molecule has 4 nitrogen and oxygen atoms in total. The predicted octanol–water partition coefficient (Wildman–Crippen LogP) is 3.29. The third kappa shape index (κ3) is 4.03. The minimum absolute atomic E-state index is 0.0673. The Morgan fingerprint density at radius 3 is 2.58 bits per heavy atom. The summed E-state index contributed by atoms with van der Waals surface area (Å²) >= 11 is 5.66. The van der Waals surface area contributed by atoms with Gasteiger partial charge < -0.3 is 9.47 Å². The van der Waals surface area contributed by atoms with Crippen LogP contribution in [-0.4, -0.2) is 18.9 Å². The highest BCUT2D eigenvalue weighted by molar-refractivity contribution is 6.33. The highest BCUT2D eigenvalue weighted by atomic mass is 35.5. The van der Waals surface area contributed by atoms with Crippen molar-refractivity contribution in [2.24, 2.45) is 0 Å². The number of esters is 1. The van der Waals surface area contributed by atoms with Gasteiger partial charge in [-0.15, -0.1) is 13.2 Å². The second-order valence-corrected chi connectivity index (χ2v) is 3.62. The van der Waals surface area contributed by atoms with E-state index in [4.69, 9.17) is 16.9 Å². The van der Waals surface area contributed by atoms with Crippen molar-refractivity contribution in [2.45, 2.75) is 13.3 Å². The molecule has 0 bridgehead atoms. The van der Waals surface area contributed by atoms with Crippen LogP contribution < -0.4 is 4.74 Å². The summed E-state index contributed by atoms with van der Waals surface area (Å²) in [5, 5.41) is 8.46. The molecule has 0 aliphatic heterocycles. The average Bonchev–Trinajstić information content (AvgIpc) is 2.27. The van der Waals surface area contributed by atoms with E-state index in [1.54, 1.807) is 6.92 Å². The Morgan fingerprint density at radius 1 is 1.47 bits per heavy atom. The van der Waals surface area contributed by atoms with Crippen LogP contribution in [0.2, 0.25) is 5.02 Å². The maximum atomic E-state index is 12.1. The summed E-state index contributed by atoms with van der Waals surface area (Å²) in [6.07, 6.45) is -4.96. The number of halogens is 4. The monoisotopic (exact) mass is 293 g/mol. The van der Waals surface area contributed by atoms with Crippen molar-refractivity contribution in [3.8, 4) is 11.8 Å². The molecule has 0 N–H and O–H groups in total. The van der Waals surface area contributed by atoms with Crippen molar-refractivity contribution < 1.29 is 27.4 Å². The van der Waals surface area contributed by atoms with Gasteiger partial charge in [-0.2, -0.15) is 5.26 Å². The summed E-state index contributed by atoms with van der Waals surface area (Å²) in [7, 11) is 0. The first-order valence-corrected chi connectivity index (χ1v) is 5.32. The molecule has 0 fully saturated rings. The molecule has 1 rings (SSSR count). The van der Waals surface area contributed by atoms with E-state index in [0.717, 1.165) is 12.1 Å². The van der Waals surface area contributed by atoms with Crippen molar-refractivity contribution in [1.82, 2.24) is 0 Å². The molecule has 0 unspecified atom stereocenters. The average molecular weight is 294 g/mol. The summed E-state index contributed by atoms with van der Waals surface area (Å²) in [6, 6.07) is 3.13. The minimum atomic E-state index is -4.96. The molecule has 1 aromatic carbocycles.